The number of hydrogen-bond donors (Lipinski definition) is 2. The van der Waals surface area contributed by atoms with Crippen LogP contribution in [0.1, 0.15) is 29.2 Å². The minimum atomic E-state index is -5.20. The van der Waals surface area contributed by atoms with Crippen molar-refractivity contribution < 1.29 is 32.2 Å². The first-order chi connectivity index (χ1) is 10.8. The number of esters is 1. The van der Waals surface area contributed by atoms with Gasteiger partial charge in [-0.25, -0.2) is 9.78 Å². The van der Waals surface area contributed by atoms with Crippen molar-refractivity contribution in [1.82, 2.24) is 4.98 Å². The fourth-order valence-corrected chi connectivity index (χ4v) is 2.05. The number of carbonyl (C=O) groups is 1. The van der Waals surface area contributed by atoms with Crippen LogP contribution in [-0.2, 0) is 9.53 Å². The molecule has 0 saturated carbocycles. The Morgan fingerprint density at radius 2 is 2.00 bits per heavy atom. The summed E-state index contributed by atoms with van der Waals surface area (Å²) >= 11 is 0. The van der Waals surface area contributed by atoms with E-state index in [1.807, 2.05) is 0 Å². The maximum absolute atomic E-state index is 12.2. The molecule has 0 amide bonds. The lowest BCUT2D eigenvalue weighted by atomic mass is 9.93. The van der Waals surface area contributed by atoms with Gasteiger partial charge in [-0.15, -0.1) is 0 Å². The molecule has 0 bridgehead atoms. The molecule has 0 aliphatic carbocycles. The van der Waals surface area contributed by atoms with Crippen LogP contribution in [0.15, 0.2) is 41.1 Å². The van der Waals surface area contributed by atoms with Crippen LogP contribution >= 0.6 is 0 Å². The van der Waals surface area contributed by atoms with Gasteiger partial charge in [-0.2, -0.15) is 13.2 Å². The average molecular weight is 330 g/mol. The third-order valence-corrected chi connectivity index (χ3v) is 3.07. The van der Waals surface area contributed by atoms with Gasteiger partial charge in [0.2, 0.25) is 12.2 Å². The number of aromatic nitrogens is 1. The molecule has 9 heteroatoms. The molecule has 2 rings (SSSR count). The van der Waals surface area contributed by atoms with Gasteiger partial charge < -0.3 is 20.0 Å². The summed E-state index contributed by atoms with van der Waals surface area (Å²) in [5.41, 5.74) is 5.98. The van der Waals surface area contributed by atoms with Crippen LogP contribution in [-0.4, -0.2) is 28.8 Å². The standard InChI is InChI=1S/C14H13F3N2O4/c15-14(16,17)13(21)23-12(20)9-4-2-1-3-8(9)10(7-18)11-19-5-6-22-11/h1-6,10,12,20H,7,18H2. The first kappa shape index (κ1) is 17.0. The smallest absolute Gasteiger partial charge is 0.448 e. The highest BCUT2D eigenvalue weighted by Crippen LogP contribution is 2.31. The van der Waals surface area contributed by atoms with E-state index in [2.05, 4.69) is 9.72 Å². The van der Waals surface area contributed by atoms with E-state index in [0.717, 1.165) is 0 Å². The van der Waals surface area contributed by atoms with Gasteiger partial charge in [0.1, 0.15) is 6.26 Å². The van der Waals surface area contributed by atoms with Crippen molar-refractivity contribution in [3.05, 3.63) is 53.7 Å². The number of oxazole rings is 1. The summed E-state index contributed by atoms with van der Waals surface area (Å²) in [4.78, 5) is 14.8. The number of carbonyl (C=O) groups excluding carboxylic acids is 1. The van der Waals surface area contributed by atoms with Crippen LogP contribution in [0.2, 0.25) is 0 Å². The predicted octanol–water partition coefficient (Wildman–Crippen LogP) is 1.86. The Balaban J connectivity index is 2.31. The zero-order valence-electron chi connectivity index (χ0n) is 11.7. The molecule has 0 saturated heterocycles. The summed E-state index contributed by atoms with van der Waals surface area (Å²) in [6.45, 7) is 0.0253. The van der Waals surface area contributed by atoms with Gasteiger partial charge in [0.05, 0.1) is 12.1 Å². The number of hydrogen-bond acceptors (Lipinski definition) is 6. The van der Waals surface area contributed by atoms with Gasteiger partial charge in [-0.3, -0.25) is 0 Å². The van der Waals surface area contributed by atoms with Gasteiger partial charge in [0.15, 0.2) is 0 Å². The summed E-state index contributed by atoms with van der Waals surface area (Å²) in [7, 11) is 0. The number of alkyl halides is 3. The highest BCUT2D eigenvalue weighted by atomic mass is 19.4. The molecule has 0 radical (unpaired) electrons. The Morgan fingerprint density at radius 3 is 2.52 bits per heavy atom. The number of ether oxygens (including phenoxy) is 1. The number of nitrogens with zero attached hydrogens (tertiary/aromatic N) is 1. The first-order valence-electron chi connectivity index (χ1n) is 6.48. The molecule has 0 aliphatic heterocycles. The third-order valence-electron chi connectivity index (χ3n) is 3.07. The summed E-state index contributed by atoms with van der Waals surface area (Å²) in [6.07, 6.45) is -4.59. The van der Waals surface area contributed by atoms with Gasteiger partial charge >= 0.3 is 12.1 Å². The maximum Gasteiger partial charge on any atom is 0.491 e. The largest absolute Gasteiger partial charge is 0.491 e. The van der Waals surface area contributed by atoms with Crippen LogP contribution in [0.25, 0.3) is 0 Å². The van der Waals surface area contributed by atoms with E-state index in [0.29, 0.717) is 5.56 Å². The zero-order valence-corrected chi connectivity index (χ0v) is 11.7. The monoisotopic (exact) mass is 330 g/mol. The zero-order chi connectivity index (χ0) is 17.0. The number of aliphatic hydroxyl groups is 1. The molecule has 6 nitrogen and oxygen atoms in total. The lowest BCUT2D eigenvalue weighted by Gasteiger charge is -2.20. The molecule has 0 fully saturated rings. The molecule has 2 aromatic rings. The van der Waals surface area contributed by atoms with Crippen LogP contribution in [0.3, 0.4) is 0 Å². The lowest BCUT2D eigenvalue weighted by molar-refractivity contribution is -0.220. The van der Waals surface area contributed by atoms with E-state index >= 15 is 0 Å². The third kappa shape index (κ3) is 3.88. The molecule has 0 spiro atoms. The maximum atomic E-state index is 12.2. The molecule has 3 N–H and O–H groups in total. The molecule has 2 atom stereocenters. The van der Waals surface area contributed by atoms with Crippen molar-refractivity contribution in [3.8, 4) is 0 Å². The summed E-state index contributed by atoms with van der Waals surface area (Å²) < 4.78 is 45.9. The molecule has 1 aromatic carbocycles. The molecule has 1 heterocycles. The van der Waals surface area contributed by atoms with E-state index in [-0.39, 0.29) is 18.0 Å². The number of aliphatic hydroxyl groups excluding tert-OH is 1. The molecule has 0 aliphatic rings. The van der Waals surface area contributed by atoms with Crippen LogP contribution in [0, 0.1) is 0 Å². The Labute approximate surface area is 128 Å². The molecule has 2 unspecified atom stereocenters. The lowest BCUT2D eigenvalue weighted by Crippen LogP contribution is -2.28. The topological polar surface area (TPSA) is 98.6 Å². The Hall–Kier alpha value is -2.39. The van der Waals surface area contributed by atoms with E-state index < -0.39 is 24.4 Å². The molecule has 1 aromatic heterocycles. The average Bonchev–Trinajstić information content (AvgIpc) is 3.01. The molecule has 23 heavy (non-hydrogen) atoms. The molecular formula is C14H13F3N2O4. The second kappa shape index (κ2) is 6.80. The molecular weight excluding hydrogens is 317 g/mol. The number of halogens is 3. The fourth-order valence-electron chi connectivity index (χ4n) is 2.05. The van der Waals surface area contributed by atoms with E-state index in [9.17, 15) is 23.1 Å². The van der Waals surface area contributed by atoms with Crippen LogP contribution in [0.4, 0.5) is 13.2 Å². The van der Waals surface area contributed by atoms with Crippen molar-refractivity contribution in [1.29, 1.82) is 0 Å². The highest BCUT2D eigenvalue weighted by Gasteiger charge is 2.42. The SMILES string of the molecule is NCC(c1ncco1)c1ccccc1C(O)OC(=O)C(F)(F)F. The number of benzene rings is 1. The number of rotatable bonds is 5. The van der Waals surface area contributed by atoms with Crippen molar-refractivity contribution in [2.45, 2.75) is 18.4 Å². The Bertz CT molecular complexity index is 658. The quantitative estimate of drug-likeness (QED) is 0.641. The molecule has 124 valence electrons. The van der Waals surface area contributed by atoms with Gasteiger partial charge in [-0.1, -0.05) is 24.3 Å². The second-order valence-corrected chi connectivity index (χ2v) is 4.54. The van der Waals surface area contributed by atoms with Gasteiger partial charge in [0, 0.05) is 12.1 Å². The Morgan fingerprint density at radius 1 is 1.35 bits per heavy atom. The second-order valence-electron chi connectivity index (χ2n) is 4.54. The van der Waals surface area contributed by atoms with Crippen LogP contribution in [0.5, 0.6) is 0 Å². The highest BCUT2D eigenvalue weighted by molar-refractivity contribution is 5.75. The summed E-state index contributed by atoms with van der Waals surface area (Å²) in [5, 5.41) is 9.84. The number of nitrogens with two attached hydrogens (primary N) is 1. The van der Waals surface area contributed by atoms with Crippen molar-refractivity contribution in [2.75, 3.05) is 6.54 Å². The van der Waals surface area contributed by atoms with E-state index in [1.165, 1.54) is 30.7 Å². The van der Waals surface area contributed by atoms with Crippen molar-refractivity contribution in [2.24, 2.45) is 5.73 Å². The van der Waals surface area contributed by atoms with Crippen molar-refractivity contribution >= 4 is 5.97 Å². The van der Waals surface area contributed by atoms with E-state index in [1.54, 1.807) is 6.07 Å². The van der Waals surface area contributed by atoms with Gasteiger partial charge in [-0.05, 0) is 5.56 Å². The van der Waals surface area contributed by atoms with Gasteiger partial charge in [0.25, 0.3) is 0 Å². The minimum Gasteiger partial charge on any atom is -0.448 e. The Kier molecular flexibility index (Phi) is 5.02. The fraction of sp³-hybridized carbons (Fsp3) is 0.286. The van der Waals surface area contributed by atoms with E-state index in [4.69, 9.17) is 10.2 Å². The van der Waals surface area contributed by atoms with Crippen molar-refractivity contribution in [3.63, 3.8) is 0 Å². The summed E-state index contributed by atoms with van der Waals surface area (Å²) in [6, 6.07) is 5.94. The predicted molar refractivity (Wildman–Crippen MR) is 70.9 cm³/mol. The minimum absolute atomic E-state index is 0.0253. The first-order valence-corrected chi connectivity index (χ1v) is 6.48. The normalized spacial score (nSPS) is 14.3. The van der Waals surface area contributed by atoms with Crippen LogP contribution < -0.4 is 5.73 Å². The summed E-state index contributed by atoms with van der Waals surface area (Å²) in [5.74, 6) is -2.87.